The second-order valence-electron chi connectivity index (χ2n) is 9.06. The smallest absolute Gasteiger partial charge is 0.262 e. The van der Waals surface area contributed by atoms with Gasteiger partial charge in [-0.05, 0) is 61.7 Å². The fourth-order valence-electron chi connectivity index (χ4n) is 5.10. The maximum Gasteiger partial charge on any atom is 0.262 e. The number of hydrogen-bond donors (Lipinski definition) is 0. The van der Waals surface area contributed by atoms with Gasteiger partial charge in [-0.15, -0.1) is 11.3 Å². The number of fused-ring (bicyclic) bond motifs is 4. The number of rotatable bonds is 7. The first-order chi connectivity index (χ1) is 16.1. The quantitative estimate of drug-likeness (QED) is 0.377. The molecule has 0 radical (unpaired) electrons. The maximum absolute atomic E-state index is 13.6. The number of methoxy groups -OCH3 is 1. The van der Waals surface area contributed by atoms with Crippen molar-refractivity contribution >= 4 is 32.3 Å². The van der Waals surface area contributed by atoms with Crippen LogP contribution in [0.2, 0.25) is 0 Å². The summed E-state index contributed by atoms with van der Waals surface area (Å²) in [6, 6.07) is 12.8. The summed E-state index contributed by atoms with van der Waals surface area (Å²) in [6.45, 7) is 3.82. The summed E-state index contributed by atoms with van der Waals surface area (Å²) in [5.74, 6) is 0.797. The largest absolute Gasteiger partial charge is 0.496 e. The van der Waals surface area contributed by atoms with Crippen LogP contribution in [-0.2, 0) is 19.4 Å². The molecule has 0 fully saturated rings. The molecule has 1 aliphatic carbocycles. The van der Waals surface area contributed by atoms with E-state index in [2.05, 4.69) is 37.1 Å². The highest BCUT2D eigenvalue weighted by molar-refractivity contribution is 7.18. The normalized spacial score (nSPS) is 15.9. The van der Waals surface area contributed by atoms with Crippen LogP contribution in [0.3, 0.4) is 0 Å². The van der Waals surface area contributed by atoms with Gasteiger partial charge in [-0.1, -0.05) is 43.7 Å². The molecule has 172 valence electrons. The highest BCUT2D eigenvalue weighted by Gasteiger charge is 2.27. The minimum Gasteiger partial charge on any atom is -0.496 e. The number of aromatic nitrogens is 2. The number of benzene rings is 2. The van der Waals surface area contributed by atoms with Crippen LogP contribution < -0.4 is 10.3 Å². The SMILES string of the molecule is CCCCN(C)C1CCc2c(sc3ncn(Cc4c(OC)ccc5ccccc45)c(=O)c23)C1. The summed E-state index contributed by atoms with van der Waals surface area (Å²) >= 11 is 1.71. The van der Waals surface area contributed by atoms with Gasteiger partial charge in [0.05, 0.1) is 25.4 Å². The second kappa shape index (κ2) is 9.27. The average Bonchev–Trinajstić information content (AvgIpc) is 3.22. The van der Waals surface area contributed by atoms with Crippen LogP contribution in [0.1, 0.15) is 42.2 Å². The van der Waals surface area contributed by atoms with Crippen molar-refractivity contribution in [2.24, 2.45) is 0 Å². The zero-order chi connectivity index (χ0) is 22.9. The third-order valence-corrected chi connectivity index (χ3v) is 8.21. The third kappa shape index (κ3) is 4.06. The molecule has 0 saturated heterocycles. The number of thiophene rings is 1. The van der Waals surface area contributed by atoms with E-state index in [1.54, 1.807) is 29.3 Å². The fraction of sp³-hybridized carbons (Fsp3) is 0.407. The van der Waals surface area contributed by atoms with Gasteiger partial charge in [0.25, 0.3) is 5.56 Å². The summed E-state index contributed by atoms with van der Waals surface area (Å²) in [5, 5.41) is 3.07. The van der Waals surface area contributed by atoms with E-state index in [1.807, 2.05) is 18.2 Å². The molecule has 0 bridgehead atoms. The van der Waals surface area contributed by atoms with Crippen LogP contribution in [0, 0.1) is 0 Å². The molecule has 1 unspecified atom stereocenters. The summed E-state index contributed by atoms with van der Waals surface area (Å²) in [4.78, 5) is 23.1. The zero-order valence-corrected chi connectivity index (χ0v) is 20.5. The lowest BCUT2D eigenvalue weighted by Gasteiger charge is -2.31. The molecule has 2 heterocycles. The summed E-state index contributed by atoms with van der Waals surface area (Å²) in [6.07, 6.45) is 7.23. The summed E-state index contributed by atoms with van der Waals surface area (Å²) < 4.78 is 7.40. The van der Waals surface area contributed by atoms with Gasteiger partial charge in [0.2, 0.25) is 0 Å². The van der Waals surface area contributed by atoms with Gasteiger partial charge in [-0.3, -0.25) is 9.36 Å². The molecule has 4 aromatic rings. The Morgan fingerprint density at radius 3 is 2.91 bits per heavy atom. The molecule has 1 aliphatic rings. The Morgan fingerprint density at radius 1 is 1.24 bits per heavy atom. The van der Waals surface area contributed by atoms with E-state index in [4.69, 9.17) is 9.72 Å². The molecule has 0 saturated carbocycles. The first-order valence-electron chi connectivity index (χ1n) is 11.8. The molecule has 0 spiro atoms. The predicted octanol–water partition coefficient (Wildman–Crippen LogP) is 5.26. The van der Waals surface area contributed by atoms with Crippen molar-refractivity contribution < 1.29 is 4.74 Å². The number of hydrogen-bond acceptors (Lipinski definition) is 5. The van der Waals surface area contributed by atoms with Crippen molar-refractivity contribution in [3.63, 3.8) is 0 Å². The van der Waals surface area contributed by atoms with Crippen LogP contribution in [0.5, 0.6) is 5.75 Å². The van der Waals surface area contributed by atoms with Crippen LogP contribution in [-0.4, -0.2) is 41.2 Å². The molecule has 33 heavy (non-hydrogen) atoms. The first kappa shape index (κ1) is 22.1. The van der Waals surface area contributed by atoms with Gasteiger partial charge >= 0.3 is 0 Å². The molecule has 0 N–H and O–H groups in total. The van der Waals surface area contributed by atoms with E-state index >= 15 is 0 Å². The van der Waals surface area contributed by atoms with Crippen LogP contribution in [0.25, 0.3) is 21.0 Å². The molecule has 5 rings (SSSR count). The molecule has 6 heteroatoms. The molecule has 0 aliphatic heterocycles. The minimum absolute atomic E-state index is 0.0604. The lowest BCUT2D eigenvalue weighted by molar-refractivity contribution is 0.220. The van der Waals surface area contributed by atoms with Crippen molar-refractivity contribution in [1.29, 1.82) is 0 Å². The Balaban J connectivity index is 1.51. The van der Waals surface area contributed by atoms with E-state index < -0.39 is 0 Å². The number of unbranched alkanes of at least 4 members (excludes halogenated alkanes) is 1. The zero-order valence-electron chi connectivity index (χ0n) is 19.6. The van der Waals surface area contributed by atoms with Crippen molar-refractivity contribution in [2.45, 2.75) is 51.6 Å². The summed E-state index contributed by atoms with van der Waals surface area (Å²) in [5.41, 5.74) is 2.30. The van der Waals surface area contributed by atoms with Crippen molar-refractivity contribution in [3.05, 3.63) is 69.1 Å². The fourth-order valence-corrected chi connectivity index (χ4v) is 6.35. The van der Waals surface area contributed by atoms with E-state index in [9.17, 15) is 4.79 Å². The summed E-state index contributed by atoms with van der Waals surface area (Å²) in [7, 11) is 3.92. The lowest BCUT2D eigenvalue weighted by atomic mass is 9.92. The number of likely N-dealkylation sites (N-methyl/N-ethyl adjacent to an activating group) is 1. The number of nitrogens with zero attached hydrogens (tertiary/aromatic N) is 3. The highest BCUT2D eigenvalue weighted by atomic mass is 32.1. The Kier molecular flexibility index (Phi) is 6.21. The van der Waals surface area contributed by atoms with Crippen LogP contribution in [0.15, 0.2) is 47.5 Å². The molecule has 1 atom stereocenters. The van der Waals surface area contributed by atoms with E-state index in [-0.39, 0.29) is 5.56 Å². The van der Waals surface area contributed by atoms with Crippen molar-refractivity contribution in [3.8, 4) is 5.75 Å². The number of aryl methyl sites for hydroxylation is 1. The maximum atomic E-state index is 13.6. The van der Waals surface area contributed by atoms with Crippen molar-refractivity contribution in [2.75, 3.05) is 20.7 Å². The van der Waals surface area contributed by atoms with Gasteiger partial charge < -0.3 is 9.64 Å². The number of ether oxygens (including phenoxy) is 1. The Labute approximate surface area is 198 Å². The van der Waals surface area contributed by atoms with Crippen molar-refractivity contribution in [1.82, 2.24) is 14.5 Å². The molecule has 0 amide bonds. The van der Waals surface area contributed by atoms with E-state index in [1.165, 1.54) is 23.3 Å². The monoisotopic (exact) mass is 461 g/mol. The molecule has 2 aromatic carbocycles. The van der Waals surface area contributed by atoms with E-state index in [0.717, 1.165) is 58.1 Å². The van der Waals surface area contributed by atoms with Gasteiger partial charge in [-0.2, -0.15) is 0 Å². The minimum atomic E-state index is 0.0604. The molecule has 2 aromatic heterocycles. The van der Waals surface area contributed by atoms with E-state index in [0.29, 0.717) is 12.6 Å². The van der Waals surface area contributed by atoms with Gasteiger partial charge in [0.1, 0.15) is 10.6 Å². The topological polar surface area (TPSA) is 47.4 Å². The first-order valence-corrected chi connectivity index (χ1v) is 12.7. The van der Waals surface area contributed by atoms with Gasteiger partial charge in [0, 0.05) is 16.5 Å². The van der Waals surface area contributed by atoms with Gasteiger partial charge in [0.15, 0.2) is 0 Å². The van der Waals surface area contributed by atoms with Crippen LogP contribution in [0.4, 0.5) is 0 Å². The van der Waals surface area contributed by atoms with Gasteiger partial charge in [-0.25, -0.2) is 4.98 Å². The highest BCUT2D eigenvalue weighted by Crippen LogP contribution is 2.35. The second-order valence-corrected chi connectivity index (χ2v) is 10.1. The molecule has 5 nitrogen and oxygen atoms in total. The standard InChI is InChI=1S/C27H31N3O2S/c1-4-5-14-29(2)19-11-12-21-24(15-19)33-26-25(21)27(31)30(17-28-26)16-22-20-9-7-6-8-18(20)10-13-23(22)32-3/h6-10,13,17,19H,4-5,11-12,14-16H2,1-3H3. The Morgan fingerprint density at radius 2 is 2.09 bits per heavy atom. The Hall–Kier alpha value is -2.70. The lowest BCUT2D eigenvalue weighted by Crippen LogP contribution is -2.36. The third-order valence-electron chi connectivity index (χ3n) is 7.04. The average molecular weight is 462 g/mol. The Bertz CT molecular complexity index is 1360. The van der Waals surface area contributed by atoms with Crippen LogP contribution >= 0.6 is 11.3 Å². The molecular formula is C27H31N3O2S. The predicted molar refractivity (Wildman–Crippen MR) is 137 cm³/mol. The molecular weight excluding hydrogens is 430 g/mol.